The summed E-state index contributed by atoms with van der Waals surface area (Å²) in [4.78, 5) is 22.6. The molecule has 2 unspecified atom stereocenters. The quantitative estimate of drug-likeness (QED) is 0.509. The number of nitrogens with one attached hydrogen (secondary N) is 1. The fourth-order valence-electron chi connectivity index (χ4n) is 2.76. The molecule has 0 heterocycles. The minimum Gasteiger partial charge on any atom is -0.508 e. The summed E-state index contributed by atoms with van der Waals surface area (Å²) >= 11 is 0. The molecule has 1 aromatic carbocycles. The molecular weight excluding hydrogens is 272 g/mol. The number of nitrogens with zero attached hydrogens (tertiary/aromatic N) is 1. The largest absolute Gasteiger partial charge is 0.508 e. The van der Waals surface area contributed by atoms with Gasteiger partial charge in [-0.15, -0.1) is 0 Å². The number of carbonyl (C=O) groups is 1. The Labute approximate surface area is 123 Å². The van der Waals surface area contributed by atoms with Gasteiger partial charge < -0.3 is 10.4 Å². The van der Waals surface area contributed by atoms with Gasteiger partial charge in [-0.2, -0.15) is 0 Å². The van der Waals surface area contributed by atoms with Crippen molar-refractivity contribution in [1.82, 2.24) is 5.32 Å². The van der Waals surface area contributed by atoms with Crippen molar-refractivity contribution < 1.29 is 14.8 Å². The summed E-state index contributed by atoms with van der Waals surface area (Å²) in [7, 11) is 0. The number of rotatable bonds is 3. The molecule has 1 saturated carbocycles. The standard InChI is InChI=1S/C15H20N2O4/c1-10-3-2-4-11(6-5-10)16-15(19)13-9-12(18)7-8-14(13)17(20)21/h7-11,18H,2-6H2,1H3,(H,16,19). The molecule has 1 aliphatic carbocycles. The van der Waals surface area contributed by atoms with E-state index in [0.717, 1.165) is 44.2 Å². The molecule has 0 aromatic heterocycles. The maximum absolute atomic E-state index is 12.3. The number of nitro groups is 1. The normalized spacial score (nSPS) is 22.3. The molecular formula is C15H20N2O4. The third-order valence-electron chi connectivity index (χ3n) is 4.01. The topological polar surface area (TPSA) is 92.5 Å². The molecule has 2 N–H and O–H groups in total. The van der Waals surface area contributed by atoms with Crippen LogP contribution >= 0.6 is 0 Å². The van der Waals surface area contributed by atoms with Crippen LogP contribution in [0.1, 0.15) is 49.4 Å². The smallest absolute Gasteiger partial charge is 0.282 e. The first-order chi connectivity index (χ1) is 9.97. The summed E-state index contributed by atoms with van der Waals surface area (Å²) in [6.07, 6.45) is 5.03. The highest BCUT2D eigenvalue weighted by Gasteiger charge is 2.24. The van der Waals surface area contributed by atoms with Crippen molar-refractivity contribution >= 4 is 11.6 Å². The molecule has 0 radical (unpaired) electrons. The number of nitro benzene ring substituents is 1. The van der Waals surface area contributed by atoms with Gasteiger partial charge in [0.1, 0.15) is 11.3 Å². The summed E-state index contributed by atoms with van der Waals surface area (Å²) < 4.78 is 0. The lowest BCUT2D eigenvalue weighted by atomic mass is 10.0. The van der Waals surface area contributed by atoms with Crippen molar-refractivity contribution in [3.8, 4) is 5.75 Å². The minimum atomic E-state index is -0.608. The van der Waals surface area contributed by atoms with Crippen LogP contribution in [-0.4, -0.2) is 22.0 Å². The van der Waals surface area contributed by atoms with E-state index in [1.807, 2.05) is 0 Å². The zero-order valence-electron chi connectivity index (χ0n) is 12.0. The molecule has 0 aliphatic heterocycles. The molecule has 1 amide bonds. The molecule has 1 aromatic rings. The lowest BCUT2D eigenvalue weighted by Gasteiger charge is -2.16. The summed E-state index contributed by atoms with van der Waals surface area (Å²) in [5.41, 5.74) is -0.371. The molecule has 0 saturated heterocycles. The Hall–Kier alpha value is -2.11. The average molecular weight is 292 g/mol. The van der Waals surface area contributed by atoms with E-state index in [2.05, 4.69) is 12.2 Å². The molecule has 21 heavy (non-hydrogen) atoms. The molecule has 6 heteroatoms. The van der Waals surface area contributed by atoms with Gasteiger partial charge in [0.25, 0.3) is 11.6 Å². The Balaban J connectivity index is 2.13. The predicted octanol–water partition coefficient (Wildman–Crippen LogP) is 3.00. The van der Waals surface area contributed by atoms with Crippen LogP contribution in [0.3, 0.4) is 0 Å². The molecule has 1 aliphatic rings. The fraction of sp³-hybridized carbons (Fsp3) is 0.533. The second-order valence-electron chi connectivity index (χ2n) is 5.74. The van der Waals surface area contributed by atoms with Crippen LogP contribution in [0.4, 0.5) is 5.69 Å². The molecule has 114 valence electrons. The molecule has 2 rings (SSSR count). The van der Waals surface area contributed by atoms with Crippen molar-refractivity contribution in [3.63, 3.8) is 0 Å². The molecule has 0 bridgehead atoms. The van der Waals surface area contributed by atoms with Crippen molar-refractivity contribution in [2.75, 3.05) is 0 Å². The summed E-state index contributed by atoms with van der Waals surface area (Å²) in [5.74, 6) is 0.0133. The molecule has 1 fully saturated rings. The number of phenolic OH excluding ortho intramolecular Hbond substituents is 1. The van der Waals surface area contributed by atoms with E-state index in [1.165, 1.54) is 6.07 Å². The third-order valence-corrected chi connectivity index (χ3v) is 4.01. The third kappa shape index (κ3) is 3.93. The Morgan fingerprint density at radius 3 is 2.81 bits per heavy atom. The van der Waals surface area contributed by atoms with Gasteiger partial charge in [-0.1, -0.05) is 19.8 Å². The maximum Gasteiger partial charge on any atom is 0.282 e. The van der Waals surface area contributed by atoms with Gasteiger partial charge in [0, 0.05) is 12.1 Å². The van der Waals surface area contributed by atoms with Gasteiger partial charge in [0.2, 0.25) is 0 Å². The van der Waals surface area contributed by atoms with Gasteiger partial charge in [-0.25, -0.2) is 0 Å². The van der Waals surface area contributed by atoms with Gasteiger partial charge in [-0.3, -0.25) is 14.9 Å². The summed E-state index contributed by atoms with van der Waals surface area (Å²) in [5, 5.41) is 23.3. The van der Waals surface area contributed by atoms with Crippen LogP contribution in [0.2, 0.25) is 0 Å². The van der Waals surface area contributed by atoms with Gasteiger partial charge in [0.05, 0.1) is 4.92 Å². The second kappa shape index (κ2) is 6.56. The van der Waals surface area contributed by atoms with Crippen molar-refractivity contribution in [2.45, 2.75) is 45.1 Å². The zero-order valence-corrected chi connectivity index (χ0v) is 12.0. The monoisotopic (exact) mass is 292 g/mol. The van der Waals surface area contributed by atoms with Crippen LogP contribution in [0.15, 0.2) is 18.2 Å². The van der Waals surface area contributed by atoms with Gasteiger partial charge in [0.15, 0.2) is 0 Å². The second-order valence-corrected chi connectivity index (χ2v) is 5.74. The highest BCUT2D eigenvalue weighted by atomic mass is 16.6. The van der Waals surface area contributed by atoms with Crippen LogP contribution in [-0.2, 0) is 0 Å². The van der Waals surface area contributed by atoms with Crippen molar-refractivity contribution in [1.29, 1.82) is 0 Å². The summed E-state index contributed by atoms with van der Waals surface area (Å²) in [6, 6.07) is 3.55. The zero-order chi connectivity index (χ0) is 15.4. The summed E-state index contributed by atoms with van der Waals surface area (Å²) in [6.45, 7) is 2.20. The SMILES string of the molecule is CC1CCCC(NC(=O)c2cc(O)ccc2[N+](=O)[O-])CC1. The predicted molar refractivity (Wildman–Crippen MR) is 78.3 cm³/mol. The van der Waals surface area contributed by atoms with E-state index in [1.54, 1.807) is 0 Å². The maximum atomic E-state index is 12.3. The van der Waals surface area contributed by atoms with Crippen LogP contribution in [0.25, 0.3) is 0 Å². The fourth-order valence-corrected chi connectivity index (χ4v) is 2.76. The van der Waals surface area contributed by atoms with Crippen LogP contribution < -0.4 is 5.32 Å². The number of phenols is 1. The lowest BCUT2D eigenvalue weighted by molar-refractivity contribution is -0.385. The average Bonchev–Trinajstić information content (AvgIpc) is 2.63. The van der Waals surface area contributed by atoms with E-state index >= 15 is 0 Å². The first kappa shape index (κ1) is 15.3. The molecule has 6 nitrogen and oxygen atoms in total. The van der Waals surface area contributed by atoms with Gasteiger partial charge >= 0.3 is 0 Å². The first-order valence-corrected chi connectivity index (χ1v) is 7.25. The number of amides is 1. The number of carbonyl (C=O) groups excluding carboxylic acids is 1. The van der Waals surface area contributed by atoms with Crippen molar-refractivity contribution in [2.24, 2.45) is 5.92 Å². The number of aromatic hydroxyl groups is 1. The van der Waals surface area contributed by atoms with Crippen LogP contribution in [0.5, 0.6) is 5.75 Å². The Morgan fingerprint density at radius 2 is 2.10 bits per heavy atom. The highest BCUT2D eigenvalue weighted by molar-refractivity contribution is 5.98. The first-order valence-electron chi connectivity index (χ1n) is 7.25. The molecule has 0 spiro atoms. The Bertz CT molecular complexity index is 544. The van der Waals surface area contributed by atoms with E-state index in [0.29, 0.717) is 5.92 Å². The minimum absolute atomic E-state index is 0.0457. The van der Waals surface area contributed by atoms with E-state index in [4.69, 9.17) is 0 Å². The van der Waals surface area contributed by atoms with E-state index in [9.17, 15) is 20.0 Å². The Kier molecular flexibility index (Phi) is 4.77. The van der Waals surface area contributed by atoms with Crippen molar-refractivity contribution in [3.05, 3.63) is 33.9 Å². The van der Waals surface area contributed by atoms with Crippen LogP contribution in [0, 0.1) is 16.0 Å². The lowest BCUT2D eigenvalue weighted by Crippen LogP contribution is -2.34. The Morgan fingerprint density at radius 1 is 1.33 bits per heavy atom. The highest BCUT2D eigenvalue weighted by Crippen LogP contribution is 2.25. The number of benzene rings is 1. The van der Waals surface area contributed by atoms with E-state index < -0.39 is 10.8 Å². The number of hydrogen-bond acceptors (Lipinski definition) is 4. The number of hydrogen-bond donors (Lipinski definition) is 2. The van der Waals surface area contributed by atoms with E-state index in [-0.39, 0.29) is 23.0 Å². The molecule has 2 atom stereocenters. The van der Waals surface area contributed by atoms with Gasteiger partial charge in [-0.05, 0) is 37.3 Å².